The molecule has 0 saturated carbocycles. The summed E-state index contributed by atoms with van der Waals surface area (Å²) >= 11 is 5.87. The highest BCUT2D eigenvalue weighted by Crippen LogP contribution is 2.23. The second-order valence-electron chi connectivity index (χ2n) is 9.36. The van der Waals surface area contributed by atoms with Crippen LogP contribution in [-0.2, 0) is 17.9 Å². The van der Waals surface area contributed by atoms with Crippen LogP contribution in [0.3, 0.4) is 0 Å². The standard InChI is InChI=1S/C29H28ClN5O3/c30-25-15-21(9-10-27(25)36)29(38)33-31-16-22-7-4-8-26-24(22)12-14-35(26)19-28(37)32-23-11-13-34(18-23)17-20-5-2-1-3-6-20/h1-10,12,14-16,23,36H,11,13,17-19H2,(H,32,37)(H,33,38)/b31-16+. The molecule has 4 aromatic rings. The number of nitrogens with one attached hydrogen (secondary N) is 2. The van der Waals surface area contributed by atoms with Crippen LogP contribution in [0.5, 0.6) is 5.75 Å². The largest absolute Gasteiger partial charge is 0.506 e. The van der Waals surface area contributed by atoms with Crippen LogP contribution < -0.4 is 10.7 Å². The van der Waals surface area contributed by atoms with Crippen LogP contribution in [0, 0.1) is 0 Å². The zero-order valence-corrected chi connectivity index (χ0v) is 21.4. The topological polar surface area (TPSA) is 99.0 Å². The molecule has 1 unspecified atom stereocenters. The van der Waals surface area contributed by atoms with Gasteiger partial charge in [-0.15, -0.1) is 0 Å². The van der Waals surface area contributed by atoms with Gasteiger partial charge in [-0.2, -0.15) is 5.10 Å². The molecule has 3 aromatic carbocycles. The minimum Gasteiger partial charge on any atom is -0.506 e. The second-order valence-corrected chi connectivity index (χ2v) is 9.77. The van der Waals surface area contributed by atoms with Crippen molar-refractivity contribution in [2.24, 2.45) is 5.10 Å². The fraction of sp³-hybridized carbons (Fsp3) is 0.207. The van der Waals surface area contributed by atoms with E-state index in [0.29, 0.717) is 0 Å². The van der Waals surface area contributed by atoms with E-state index in [2.05, 4.69) is 32.9 Å². The van der Waals surface area contributed by atoms with Crippen molar-refractivity contribution in [2.45, 2.75) is 25.6 Å². The molecule has 0 bridgehead atoms. The summed E-state index contributed by atoms with van der Waals surface area (Å²) in [5.41, 5.74) is 5.74. The molecule has 1 aromatic heterocycles. The molecule has 1 fully saturated rings. The van der Waals surface area contributed by atoms with E-state index < -0.39 is 5.91 Å². The molecule has 1 atom stereocenters. The zero-order valence-electron chi connectivity index (χ0n) is 20.7. The summed E-state index contributed by atoms with van der Waals surface area (Å²) in [6.07, 6.45) is 4.38. The number of nitrogens with zero attached hydrogens (tertiary/aromatic N) is 3. The predicted octanol–water partition coefficient (Wildman–Crippen LogP) is 4.15. The first kappa shape index (κ1) is 25.5. The number of hydrazone groups is 1. The third-order valence-electron chi connectivity index (χ3n) is 6.63. The number of phenols is 1. The number of hydrogen-bond acceptors (Lipinski definition) is 5. The number of amides is 2. The van der Waals surface area contributed by atoms with Gasteiger partial charge in [-0.25, -0.2) is 5.43 Å². The van der Waals surface area contributed by atoms with Gasteiger partial charge in [-0.1, -0.05) is 54.1 Å². The first-order valence-electron chi connectivity index (χ1n) is 12.4. The number of hydrogen-bond donors (Lipinski definition) is 3. The Morgan fingerprint density at radius 1 is 1.08 bits per heavy atom. The Balaban J connectivity index is 1.17. The minimum atomic E-state index is -0.446. The second kappa shape index (κ2) is 11.5. The Hall–Kier alpha value is -4.14. The van der Waals surface area contributed by atoms with E-state index in [0.717, 1.165) is 42.5 Å². The summed E-state index contributed by atoms with van der Waals surface area (Å²) in [7, 11) is 0. The van der Waals surface area contributed by atoms with Crippen LogP contribution in [0.25, 0.3) is 10.9 Å². The lowest BCUT2D eigenvalue weighted by Gasteiger charge is -2.17. The zero-order chi connectivity index (χ0) is 26.5. The fourth-order valence-electron chi connectivity index (χ4n) is 4.73. The Labute approximate surface area is 225 Å². The van der Waals surface area contributed by atoms with Crippen molar-refractivity contribution in [3.05, 3.63) is 101 Å². The number of halogens is 1. The Bertz CT molecular complexity index is 1480. The lowest BCUT2D eigenvalue weighted by atomic mass is 10.1. The van der Waals surface area contributed by atoms with Crippen molar-refractivity contribution in [1.82, 2.24) is 20.2 Å². The molecule has 2 amide bonds. The molecular formula is C29H28ClN5O3. The number of likely N-dealkylation sites (tertiary alicyclic amines) is 1. The van der Waals surface area contributed by atoms with E-state index in [4.69, 9.17) is 11.6 Å². The van der Waals surface area contributed by atoms with Crippen LogP contribution in [-0.4, -0.2) is 51.7 Å². The molecule has 1 aliphatic heterocycles. The van der Waals surface area contributed by atoms with Gasteiger partial charge in [-0.3, -0.25) is 14.5 Å². The maximum Gasteiger partial charge on any atom is 0.271 e. The van der Waals surface area contributed by atoms with Gasteiger partial charge in [0.05, 0.1) is 11.2 Å². The molecule has 0 radical (unpaired) electrons. The summed E-state index contributed by atoms with van der Waals surface area (Å²) in [5, 5.41) is 17.8. The van der Waals surface area contributed by atoms with E-state index in [1.165, 1.54) is 23.8 Å². The van der Waals surface area contributed by atoms with Gasteiger partial charge >= 0.3 is 0 Å². The third kappa shape index (κ3) is 6.04. The lowest BCUT2D eigenvalue weighted by Crippen LogP contribution is -2.38. The molecule has 0 spiro atoms. The number of aromatic nitrogens is 1. The third-order valence-corrected chi connectivity index (χ3v) is 6.93. The van der Waals surface area contributed by atoms with Gasteiger partial charge in [-0.05, 0) is 42.3 Å². The maximum absolute atomic E-state index is 12.8. The average molecular weight is 530 g/mol. The van der Waals surface area contributed by atoms with Gasteiger partial charge in [0, 0.05) is 53.9 Å². The van der Waals surface area contributed by atoms with Crippen molar-refractivity contribution in [2.75, 3.05) is 13.1 Å². The summed E-state index contributed by atoms with van der Waals surface area (Å²) in [6, 6.07) is 22.4. The number of rotatable bonds is 8. The van der Waals surface area contributed by atoms with E-state index in [1.807, 2.05) is 53.2 Å². The highest BCUT2D eigenvalue weighted by molar-refractivity contribution is 6.32. The predicted molar refractivity (Wildman–Crippen MR) is 148 cm³/mol. The van der Waals surface area contributed by atoms with Gasteiger partial charge in [0.1, 0.15) is 12.3 Å². The smallest absolute Gasteiger partial charge is 0.271 e. The summed E-state index contributed by atoms with van der Waals surface area (Å²) in [5.74, 6) is -0.559. The van der Waals surface area contributed by atoms with Gasteiger partial charge < -0.3 is 15.0 Å². The molecular weight excluding hydrogens is 502 g/mol. The number of phenolic OH excluding ortho intramolecular Hbond substituents is 1. The maximum atomic E-state index is 12.8. The Kier molecular flexibility index (Phi) is 7.72. The molecule has 38 heavy (non-hydrogen) atoms. The summed E-state index contributed by atoms with van der Waals surface area (Å²) < 4.78 is 1.91. The average Bonchev–Trinajstić information content (AvgIpc) is 3.53. The van der Waals surface area contributed by atoms with Crippen LogP contribution in [0.1, 0.15) is 27.9 Å². The van der Waals surface area contributed by atoms with Crippen LogP contribution in [0.4, 0.5) is 0 Å². The monoisotopic (exact) mass is 529 g/mol. The Morgan fingerprint density at radius 2 is 1.92 bits per heavy atom. The molecule has 2 heterocycles. The minimum absolute atomic E-state index is 0.0204. The van der Waals surface area contributed by atoms with E-state index in [9.17, 15) is 14.7 Å². The van der Waals surface area contributed by atoms with E-state index in [1.54, 1.807) is 6.21 Å². The van der Waals surface area contributed by atoms with Crippen molar-refractivity contribution in [3.8, 4) is 5.75 Å². The van der Waals surface area contributed by atoms with Gasteiger partial charge in [0.2, 0.25) is 5.91 Å². The quantitative estimate of drug-likeness (QED) is 0.236. The highest BCUT2D eigenvalue weighted by Gasteiger charge is 2.24. The van der Waals surface area contributed by atoms with Gasteiger partial charge in [0.15, 0.2) is 0 Å². The van der Waals surface area contributed by atoms with Crippen molar-refractivity contribution < 1.29 is 14.7 Å². The van der Waals surface area contributed by atoms with Crippen LogP contribution in [0.2, 0.25) is 5.02 Å². The lowest BCUT2D eigenvalue weighted by molar-refractivity contribution is -0.122. The van der Waals surface area contributed by atoms with Crippen molar-refractivity contribution in [3.63, 3.8) is 0 Å². The molecule has 5 rings (SSSR count). The number of benzene rings is 3. The fourth-order valence-corrected chi connectivity index (χ4v) is 4.92. The number of aromatic hydroxyl groups is 1. The molecule has 9 heteroatoms. The van der Waals surface area contributed by atoms with E-state index >= 15 is 0 Å². The van der Waals surface area contributed by atoms with Gasteiger partial charge in [0.25, 0.3) is 5.91 Å². The number of carbonyl (C=O) groups excluding carboxylic acids is 2. The summed E-state index contributed by atoms with van der Waals surface area (Å²) in [4.78, 5) is 27.5. The molecule has 3 N–H and O–H groups in total. The first-order chi connectivity index (χ1) is 18.5. The first-order valence-corrected chi connectivity index (χ1v) is 12.8. The molecule has 1 saturated heterocycles. The SMILES string of the molecule is O=C(Cn1ccc2c(/C=N/NC(=O)c3ccc(O)c(Cl)c3)cccc21)NC1CCN(Cc2ccccc2)C1. The highest BCUT2D eigenvalue weighted by atomic mass is 35.5. The normalized spacial score (nSPS) is 15.8. The van der Waals surface area contributed by atoms with Crippen molar-refractivity contribution >= 4 is 40.5 Å². The van der Waals surface area contributed by atoms with Crippen molar-refractivity contribution in [1.29, 1.82) is 0 Å². The molecule has 0 aliphatic carbocycles. The van der Waals surface area contributed by atoms with E-state index in [-0.39, 0.29) is 34.8 Å². The Morgan fingerprint density at radius 3 is 2.74 bits per heavy atom. The molecule has 1 aliphatic rings. The molecule has 8 nitrogen and oxygen atoms in total. The number of carbonyl (C=O) groups is 2. The summed E-state index contributed by atoms with van der Waals surface area (Å²) in [6.45, 7) is 2.92. The van der Waals surface area contributed by atoms with Crippen LogP contribution in [0.15, 0.2) is 84.1 Å². The molecule has 194 valence electrons. The number of fused-ring (bicyclic) bond motifs is 1. The van der Waals surface area contributed by atoms with Crippen LogP contribution >= 0.6 is 11.6 Å².